The van der Waals surface area contributed by atoms with Crippen LogP contribution in [0.4, 0.5) is 4.39 Å². The van der Waals surface area contributed by atoms with Crippen molar-refractivity contribution in [3.8, 4) is 0 Å². The molecule has 3 aliphatic rings. The van der Waals surface area contributed by atoms with Gasteiger partial charge in [0.1, 0.15) is 5.82 Å². The van der Waals surface area contributed by atoms with Gasteiger partial charge in [0.2, 0.25) is 0 Å². The lowest BCUT2D eigenvalue weighted by atomic mass is 9.68. The minimum Gasteiger partial charge on any atom is -0.307 e. The molecular formula is C34H47ClFN3O. The van der Waals surface area contributed by atoms with Crippen molar-refractivity contribution < 1.29 is 9.18 Å². The Bertz CT molecular complexity index is 1140. The van der Waals surface area contributed by atoms with E-state index in [0.29, 0.717) is 10.6 Å². The molecule has 2 aromatic carbocycles. The molecule has 2 aromatic rings. The molecule has 0 aliphatic carbocycles. The maximum Gasteiger partial charge on any atom is 0.154 e. The van der Waals surface area contributed by atoms with Crippen LogP contribution in [0.1, 0.15) is 80.0 Å². The van der Waals surface area contributed by atoms with E-state index >= 15 is 0 Å². The lowest BCUT2D eigenvalue weighted by Crippen LogP contribution is -2.48. The number of likely N-dealkylation sites (tertiary alicyclic amines) is 2. The van der Waals surface area contributed by atoms with Gasteiger partial charge in [-0.2, -0.15) is 0 Å². The van der Waals surface area contributed by atoms with Crippen molar-refractivity contribution in [2.75, 3.05) is 39.3 Å². The van der Waals surface area contributed by atoms with Crippen molar-refractivity contribution >= 4 is 17.4 Å². The molecule has 0 radical (unpaired) electrons. The van der Waals surface area contributed by atoms with Gasteiger partial charge in [0, 0.05) is 23.0 Å². The Morgan fingerprint density at radius 3 is 2.58 bits per heavy atom. The molecule has 0 spiro atoms. The molecule has 40 heavy (non-hydrogen) atoms. The van der Waals surface area contributed by atoms with Gasteiger partial charge in [-0.15, -0.1) is 0 Å². The number of ketones is 1. The van der Waals surface area contributed by atoms with E-state index in [1.807, 2.05) is 0 Å². The van der Waals surface area contributed by atoms with E-state index < -0.39 is 5.82 Å². The highest BCUT2D eigenvalue weighted by Gasteiger charge is 2.40. The first-order valence-electron chi connectivity index (χ1n) is 15.6. The van der Waals surface area contributed by atoms with Crippen LogP contribution in [-0.4, -0.2) is 66.9 Å². The van der Waals surface area contributed by atoms with Crippen molar-refractivity contribution in [3.63, 3.8) is 0 Å². The Morgan fingerprint density at radius 1 is 1.05 bits per heavy atom. The summed E-state index contributed by atoms with van der Waals surface area (Å²) in [7, 11) is 0. The van der Waals surface area contributed by atoms with Gasteiger partial charge in [0.05, 0.1) is 6.04 Å². The lowest BCUT2D eigenvalue weighted by molar-refractivity contribution is -0.120. The molecule has 6 heteroatoms. The van der Waals surface area contributed by atoms with E-state index in [2.05, 4.69) is 47.2 Å². The quantitative estimate of drug-likeness (QED) is 0.388. The molecule has 218 valence electrons. The Labute approximate surface area is 245 Å². The first-order valence-corrected chi connectivity index (χ1v) is 16.0. The highest BCUT2D eigenvalue weighted by Crippen LogP contribution is 2.42. The van der Waals surface area contributed by atoms with Crippen LogP contribution in [0.5, 0.6) is 0 Å². The molecule has 0 aromatic heterocycles. The van der Waals surface area contributed by atoms with Crippen LogP contribution in [0.2, 0.25) is 5.02 Å². The molecule has 3 heterocycles. The molecule has 5 rings (SSSR count). The Hall–Kier alpha value is -1.79. The summed E-state index contributed by atoms with van der Waals surface area (Å²) >= 11 is 6.31. The average Bonchev–Trinajstić information content (AvgIpc) is 3.20. The summed E-state index contributed by atoms with van der Waals surface area (Å²) in [6.45, 7) is 11.1. The molecule has 0 saturated carbocycles. The van der Waals surface area contributed by atoms with Gasteiger partial charge in [0.25, 0.3) is 0 Å². The second-order valence-electron chi connectivity index (χ2n) is 12.7. The van der Waals surface area contributed by atoms with Gasteiger partial charge in [0.15, 0.2) is 5.78 Å². The van der Waals surface area contributed by atoms with Crippen LogP contribution in [0, 0.1) is 19.7 Å². The molecule has 0 amide bonds. The first-order chi connectivity index (χ1) is 19.3. The zero-order chi connectivity index (χ0) is 28.1. The van der Waals surface area contributed by atoms with Crippen molar-refractivity contribution in [2.45, 2.75) is 95.6 Å². The number of benzene rings is 2. The average molecular weight is 568 g/mol. The highest BCUT2D eigenvalue weighted by atomic mass is 35.5. The van der Waals surface area contributed by atoms with Crippen LogP contribution in [0.3, 0.4) is 0 Å². The van der Waals surface area contributed by atoms with Gasteiger partial charge in [-0.25, -0.2) is 4.39 Å². The summed E-state index contributed by atoms with van der Waals surface area (Å²) < 4.78 is 14.6. The summed E-state index contributed by atoms with van der Waals surface area (Å²) in [6, 6.07) is 11.9. The molecule has 2 atom stereocenters. The van der Waals surface area contributed by atoms with E-state index in [1.165, 1.54) is 68.0 Å². The van der Waals surface area contributed by atoms with Crippen molar-refractivity contribution in [3.05, 3.63) is 69.5 Å². The number of hydrogen-bond donors (Lipinski definition) is 1. The second-order valence-corrected chi connectivity index (χ2v) is 13.1. The summed E-state index contributed by atoms with van der Waals surface area (Å²) in [5.41, 5.74) is 4.18. The van der Waals surface area contributed by atoms with E-state index in [-0.39, 0.29) is 23.7 Å². The smallest absolute Gasteiger partial charge is 0.154 e. The fourth-order valence-corrected chi connectivity index (χ4v) is 7.80. The normalized spacial score (nSPS) is 25.6. The topological polar surface area (TPSA) is 35.6 Å². The van der Waals surface area contributed by atoms with Crippen molar-refractivity contribution in [1.82, 2.24) is 15.1 Å². The summed E-state index contributed by atoms with van der Waals surface area (Å²) in [6.07, 6.45) is 10.5. The number of rotatable bonds is 8. The van der Waals surface area contributed by atoms with Gasteiger partial charge in [-0.1, -0.05) is 47.9 Å². The van der Waals surface area contributed by atoms with Crippen LogP contribution in [0.25, 0.3) is 0 Å². The third-order valence-electron chi connectivity index (χ3n) is 9.95. The SMILES string of the molecule is Cc1ccc(C)c(C2(CCN3CCC(N4CCCCC4)CC3)CCCNC(C(=O)Cc3c(F)cccc3Cl)C2)c1. The van der Waals surface area contributed by atoms with Crippen LogP contribution >= 0.6 is 11.6 Å². The number of hydrogen-bond acceptors (Lipinski definition) is 4. The van der Waals surface area contributed by atoms with Gasteiger partial charge >= 0.3 is 0 Å². The molecule has 2 unspecified atom stereocenters. The van der Waals surface area contributed by atoms with Crippen molar-refractivity contribution in [1.29, 1.82) is 0 Å². The number of carbonyl (C=O) groups excluding carboxylic acids is 1. The van der Waals surface area contributed by atoms with E-state index in [9.17, 15) is 9.18 Å². The van der Waals surface area contributed by atoms with Gasteiger partial charge < -0.3 is 15.1 Å². The minimum atomic E-state index is -0.400. The van der Waals surface area contributed by atoms with Gasteiger partial charge in [-0.3, -0.25) is 4.79 Å². The molecule has 3 saturated heterocycles. The monoisotopic (exact) mass is 567 g/mol. The predicted octanol–water partition coefficient (Wildman–Crippen LogP) is 6.63. The van der Waals surface area contributed by atoms with E-state index in [4.69, 9.17) is 11.6 Å². The standard InChI is InChI=1S/C34H47ClFN3O/c1-25-10-11-26(2)29(22-25)34(15-21-38-19-12-27(13-20-38)39-17-4-3-5-18-39)14-7-16-37-32(24-34)33(40)23-28-30(35)8-6-9-31(28)36/h6,8-11,22,27,32,37H,3-5,7,12-21,23-24H2,1-2H3. The summed E-state index contributed by atoms with van der Waals surface area (Å²) in [5, 5.41) is 3.87. The number of nitrogens with one attached hydrogen (secondary N) is 1. The summed E-state index contributed by atoms with van der Waals surface area (Å²) in [5.74, 6) is -0.367. The molecule has 1 N–H and O–H groups in total. The maximum atomic E-state index is 14.6. The number of halogens is 2. The van der Waals surface area contributed by atoms with E-state index in [1.54, 1.807) is 12.1 Å². The predicted molar refractivity (Wildman–Crippen MR) is 163 cm³/mol. The number of piperidine rings is 2. The maximum absolute atomic E-state index is 14.6. The van der Waals surface area contributed by atoms with Crippen LogP contribution in [0.15, 0.2) is 36.4 Å². The third-order valence-corrected chi connectivity index (χ3v) is 10.3. The molecule has 3 aliphatic heterocycles. The third kappa shape index (κ3) is 6.98. The van der Waals surface area contributed by atoms with E-state index in [0.717, 1.165) is 57.9 Å². The highest BCUT2D eigenvalue weighted by molar-refractivity contribution is 6.31. The molecule has 0 bridgehead atoms. The Kier molecular flexibility index (Phi) is 9.99. The summed E-state index contributed by atoms with van der Waals surface area (Å²) in [4.78, 5) is 19.1. The Morgan fingerprint density at radius 2 is 1.82 bits per heavy atom. The molecule has 4 nitrogen and oxygen atoms in total. The number of Topliss-reactive ketones (excluding diaryl/α,β-unsaturated/α-hetero) is 1. The zero-order valence-electron chi connectivity index (χ0n) is 24.5. The zero-order valence-corrected chi connectivity index (χ0v) is 25.2. The van der Waals surface area contributed by atoms with Crippen molar-refractivity contribution in [2.24, 2.45) is 0 Å². The fraction of sp³-hybridized carbons (Fsp3) is 0.618. The lowest BCUT2D eigenvalue weighted by Gasteiger charge is -2.42. The van der Waals surface area contributed by atoms with Crippen LogP contribution < -0.4 is 5.32 Å². The van der Waals surface area contributed by atoms with Gasteiger partial charge in [-0.05, 0) is 133 Å². The fourth-order valence-electron chi connectivity index (χ4n) is 7.57. The first kappa shape index (κ1) is 29.7. The number of nitrogens with zero attached hydrogens (tertiary/aromatic N) is 2. The largest absolute Gasteiger partial charge is 0.307 e. The number of aryl methyl sites for hydroxylation is 2. The number of carbonyl (C=O) groups is 1. The van der Waals surface area contributed by atoms with Crippen LogP contribution in [-0.2, 0) is 16.6 Å². The Balaban J connectivity index is 1.33. The molecule has 3 fully saturated rings. The minimum absolute atomic E-state index is 0.0239. The second kappa shape index (κ2) is 13.5. The molecular weight excluding hydrogens is 521 g/mol.